The number of nitrogens with two attached hydrogens (primary N) is 1. The Bertz CT molecular complexity index is 582. The Morgan fingerprint density at radius 1 is 1.62 bits per heavy atom. The summed E-state index contributed by atoms with van der Waals surface area (Å²) in [6.07, 6.45) is 0. The molecule has 0 bridgehead atoms. The fourth-order valence-corrected chi connectivity index (χ4v) is 1.99. The number of rotatable bonds is 5. The van der Waals surface area contributed by atoms with E-state index in [2.05, 4.69) is 20.7 Å². The van der Waals surface area contributed by atoms with Crippen LogP contribution in [-0.4, -0.2) is 28.5 Å². The lowest BCUT2D eigenvalue weighted by atomic mass is 9.99. The van der Waals surface area contributed by atoms with Crippen LogP contribution in [-0.2, 0) is 9.53 Å². The number of carbonyl (C=O) groups is 1. The number of nitrogens with zero attached hydrogens (tertiary/aromatic N) is 1. The molecule has 0 radical (unpaired) electrons. The largest absolute Gasteiger partial charge is 0.502 e. The molecule has 0 spiro atoms. The van der Waals surface area contributed by atoms with Gasteiger partial charge in [0.25, 0.3) is 0 Å². The fraction of sp³-hybridized carbons (Fsp3) is 0.364. The van der Waals surface area contributed by atoms with Crippen molar-refractivity contribution in [1.29, 1.82) is 0 Å². The summed E-state index contributed by atoms with van der Waals surface area (Å²) < 4.78 is 31.9. The molecule has 0 fully saturated rings. The molecule has 0 amide bonds. The van der Waals surface area contributed by atoms with E-state index in [-0.39, 0.29) is 11.1 Å². The standard InChI is InChI=1S/C11H11BrF2N2O5/c1-2-21-10(18)11(13,14)9(15)6-3-5(12)4-7(8(6)17)16(19)20/h3-4,9,17H,2,15H2,1H3/t9-/m1/s1. The van der Waals surface area contributed by atoms with Crippen molar-refractivity contribution in [2.45, 2.75) is 18.9 Å². The Morgan fingerprint density at radius 3 is 2.67 bits per heavy atom. The molecule has 0 aliphatic carbocycles. The topological polar surface area (TPSA) is 116 Å². The van der Waals surface area contributed by atoms with Crippen molar-refractivity contribution >= 4 is 27.6 Å². The zero-order valence-corrected chi connectivity index (χ0v) is 12.3. The lowest BCUT2D eigenvalue weighted by Crippen LogP contribution is -2.41. The number of carbonyl (C=O) groups excluding carboxylic acids is 1. The third-order valence-corrected chi connectivity index (χ3v) is 3.01. The molecular weight excluding hydrogens is 358 g/mol. The van der Waals surface area contributed by atoms with E-state index in [1.165, 1.54) is 6.92 Å². The SMILES string of the molecule is CCOC(=O)C(F)(F)[C@H](N)c1cc(Br)cc([N+](=O)[O-])c1O. The van der Waals surface area contributed by atoms with E-state index in [1.54, 1.807) is 0 Å². The Labute approximate surface area is 126 Å². The lowest BCUT2D eigenvalue weighted by Gasteiger charge is -2.22. The van der Waals surface area contributed by atoms with Gasteiger partial charge < -0.3 is 15.6 Å². The van der Waals surface area contributed by atoms with Gasteiger partial charge in [-0.15, -0.1) is 0 Å². The number of phenolic OH excluding ortho intramolecular Hbond substituents is 1. The first-order valence-electron chi connectivity index (χ1n) is 5.60. The van der Waals surface area contributed by atoms with E-state index in [4.69, 9.17) is 5.73 Å². The maximum atomic E-state index is 13.8. The Morgan fingerprint density at radius 2 is 2.19 bits per heavy atom. The van der Waals surface area contributed by atoms with Crippen LogP contribution in [0.5, 0.6) is 5.75 Å². The Hall–Kier alpha value is -1.81. The molecule has 0 saturated carbocycles. The zero-order chi connectivity index (χ0) is 16.4. The average Bonchev–Trinajstić information content (AvgIpc) is 2.40. The molecule has 116 valence electrons. The predicted molar refractivity (Wildman–Crippen MR) is 71.0 cm³/mol. The summed E-state index contributed by atoms with van der Waals surface area (Å²) in [4.78, 5) is 21.0. The maximum absolute atomic E-state index is 13.8. The van der Waals surface area contributed by atoms with Crippen molar-refractivity contribution in [3.8, 4) is 5.75 Å². The molecule has 1 aromatic carbocycles. The van der Waals surface area contributed by atoms with Gasteiger partial charge in [0, 0.05) is 16.1 Å². The number of hydrogen-bond donors (Lipinski definition) is 2. The Balaban J connectivity index is 3.33. The molecule has 0 saturated heterocycles. The molecule has 21 heavy (non-hydrogen) atoms. The van der Waals surface area contributed by atoms with Crippen LogP contribution in [0.4, 0.5) is 14.5 Å². The normalized spacial score (nSPS) is 12.8. The average molecular weight is 369 g/mol. The molecule has 0 unspecified atom stereocenters. The van der Waals surface area contributed by atoms with Crippen LogP contribution in [0, 0.1) is 10.1 Å². The minimum absolute atomic E-state index is 0.0529. The van der Waals surface area contributed by atoms with Crippen LogP contribution in [0.3, 0.4) is 0 Å². The van der Waals surface area contributed by atoms with E-state index in [9.17, 15) is 28.8 Å². The highest BCUT2D eigenvalue weighted by Gasteiger charge is 2.49. The van der Waals surface area contributed by atoms with Crippen LogP contribution in [0.2, 0.25) is 0 Å². The second kappa shape index (κ2) is 6.31. The van der Waals surface area contributed by atoms with E-state index < -0.39 is 39.9 Å². The molecule has 1 rings (SSSR count). The number of phenols is 1. The molecule has 0 aromatic heterocycles. The second-order valence-electron chi connectivity index (χ2n) is 3.94. The highest BCUT2D eigenvalue weighted by Crippen LogP contribution is 2.41. The van der Waals surface area contributed by atoms with Gasteiger partial charge in [-0.25, -0.2) is 4.79 Å². The minimum atomic E-state index is -4.15. The van der Waals surface area contributed by atoms with Gasteiger partial charge >= 0.3 is 17.6 Å². The number of aromatic hydroxyl groups is 1. The van der Waals surface area contributed by atoms with Crippen molar-refractivity contribution in [2.75, 3.05) is 6.61 Å². The number of nitro benzene ring substituents is 1. The quantitative estimate of drug-likeness (QED) is 0.467. The molecule has 7 nitrogen and oxygen atoms in total. The molecule has 0 aliphatic heterocycles. The number of benzene rings is 1. The number of alkyl halides is 2. The summed E-state index contributed by atoms with van der Waals surface area (Å²) in [5.41, 5.74) is 3.83. The zero-order valence-electron chi connectivity index (χ0n) is 10.7. The molecular formula is C11H11BrF2N2O5. The summed E-state index contributed by atoms with van der Waals surface area (Å²) in [6, 6.07) is -0.401. The first kappa shape index (κ1) is 17.2. The number of ether oxygens (including phenoxy) is 1. The van der Waals surface area contributed by atoms with Crippen molar-refractivity contribution in [3.63, 3.8) is 0 Å². The Kier molecular flexibility index (Phi) is 5.18. The van der Waals surface area contributed by atoms with E-state index in [0.717, 1.165) is 12.1 Å². The highest BCUT2D eigenvalue weighted by atomic mass is 79.9. The van der Waals surface area contributed by atoms with Gasteiger partial charge in [-0.05, 0) is 13.0 Å². The van der Waals surface area contributed by atoms with Gasteiger partial charge in [0.15, 0.2) is 5.75 Å². The van der Waals surface area contributed by atoms with Gasteiger partial charge in [0.1, 0.15) is 6.04 Å². The van der Waals surface area contributed by atoms with Crippen molar-refractivity contribution < 1.29 is 28.3 Å². The van der Waals surface area contributed by atoms with Crippen LogP contribution >= 0.6 is 15.9 Å². The van der Waals surface area contributed by atoms with Crippen LogP contribution in [0.15, 0.2) is 16.6 Å². The number of esters is 1. The van der Waals surface area contributed by atoms with Gasteiger partial charge in [0.05, 0.1) is 11.5 Å². The predicted octanol–water partition coefficient (Wildman–Crippen LogP) is 2.26. The van der Waals surface area contributed by atoms with Crippen LogP contribution in [0.1, 0.15) is 18.5 Å². The van der Waals surface area contributed by atoms with Gasteiger partial charge in [-0.3, -0.25) is 10.1 Å². The van der Waals surface area contributed by atoms with Gasteiger partial charge in [0.2, 0.25) is 0 Å². The minimum Gasteiger partial charge on any atom is -0.502 e. The summed E-state index contributed by atoms with van der Waals surface area (Å²) in [7, 11) is 0. The lowest BCUT2D eigenvalue weighted by molar-refractivity contribution is -0.386. The summed E-state index contributed by atoms with van der Waals surface area (Å²) in [5, 5.41) is 20.4. The van der Waals surface area contributed by atoms with E-state index in [0.29, 0.717) is 0 Å². The van der Waals surface area contributed by atoms with E-state index >= 15 is 0 Å². The summed E-state index contributed by atoms with van der Waals surface area (Å²) in [6.45, 7) is 1.05. The van der Waals surface area contributed by atoms with Crippen molar-refractivity contribution in [2.24, 2.45) is 5.73 Å². The third-order valence-electron chi connectivity index (χ3n) is 2.55. The molecule has 10 heteroatoms. The first-order valence-corrected chi connectivity index (χ1v) is 6.39. The number of hydrogen-bond acceptors (Lipinski definition) is 6. The van der Waals surface area contributed by atoms with Crippen LogP contribution < -0.4 is 5.73 Å². The van der Waals surface area contributed by atoms with Crippen molar-refractivity contribution in [3.05, 3.63) is 32.3 Å². The smallest absolute Gasteiger partial charge is 0.379 e. The second-order valence-corrected chi connectivity index (χ2v) is 4.86. The number of halogens is 3. The highest BCUT2D eigenvalue weighted by molar-refractivity contribution is 9.10. The summed E-state index contributed by atoms with van der Waals surface area (Å²) >= 11 is 2.89. The molecule has 3 N–H and O–H groups in total. The van der Waals surface area contributed by atoms with Crippen LogP contribution in [0.25, 0.3) is 0 Å². The molecule has 1 aromatic rings. The number of nitro groups is 1. The van der Waals surface area contributed by atoms with Crippen molar-refractivity contribution in [1.82, 2.24) is 0 Å². The monoisotopic (exact) mass is 368 g/mol. The molecule has 1 atom stereocenters. The van der Waals surface area contributed by atoms with Gasteiger partial charge in [-0.2, -0.15) is 8.78 Å². The fourth-order valence-electron chi connectivity index (χ4n) is 1.53. The van der Waals surface area contributed by atoms with Gasteiger partial charge in [-0.1, -0.05) is 15.9 Å². The molecule has 0 aliphatic rings. The maximum Gasteiger partial charge on any atom is 0.379 e. The first-order chi connectivity index (χ1) is 9.62. The summed E-state index contributed by atoms with van der Waals surface area (Å²) in [5.74, 6) is -7.05. The third kappa shape index (κ3) is 3.45. The van der Waals surface area contributed by atoms with E-state index in [1.807, 2.05) is 0 Å². The molecule has 0 heterocycles.